The van der Waals surface area contributed by atoms with E-state index in [1.54, 1.807) is 0 Å². The van der Waals surface area contributed by atoms with Gasteiger partial charge in [0.1, 0.15) is 12.3 Å². The van der Waals surface area contributed by atoms with Gasteiger partial charge in [0.25, 0.3) is 5.91 Å². The molecule has 0 atom stereocenters. The lowest BCUT2D eigenvalue weighted by Crippen LogP contribution is -2.49. The van der Waals surface area contributed by atoms with Crippen molar-refractivity contribution in [2.75, 3.05) is 90.2 Å². The summed E-state index contributed by atoms with van der Waals surface area (Å²) < 4.78 is 38.2. The van der Waals surface area contributed by atoms with E-state index in [9.17, 15) is 18.0 Å². The fourth-order valence-corrected chi connectivity index (χ4v) is 5.76. The minimum Gasteiger partial charge on any atom is -0.482 e. The van der Waals surface area contributed by atoms with Crippen LogP contribution in [0.25, 0.3) is 0 Å². The van der Waals surface area contributed by atoms with Crippen LogP contribution in [0.1, 0.15) is 6.92 Å². The van der Waals surface area contributed by atoms with Crippen molar-refractivity contribution in [3.63, 3.8) is 0 Å². The predicted octanol–water partition coefficient (Wildman–Crippen LogP) is -0.813. The molecular formula is C22H33N5O6S. The van der Waals surface area contributed by atoms with E-state index >= 15 is 0 Å². The Kier molecular flexibility index (Phi) is 8.04. The normalized spacial score (nSPS) is 20.6. The van der Waals surface area contributed by atoms with Crippen molar-refractivity contribution in [3.8, 4) is 5.75 Å². The summed E-state index contributed by atoms with van der Waals surface area (Å²) in [5.74, 6) is -0.309. The monoisotopic (exact) mass is 495 g/mol. The molecule has 0 aromatic heterocycles. The highest BCUT2D eigenvalue weighted by Gasteiger charge is 2.32. The van der Waals surface area contributed by atoms with Crippen LogP contribution in [0.3, 0.4) is 0 Å². The number of ether oxygens (including phenoxy) is 2. The lowest BCUT2D eigenvalue weighted by molar-refractivity contribution is -0.125. The number of carbonyl (C=O) groups excluding carboxylic acids is 2. The number of benzene rings is 1. The molecular weight excluding hydrogens is 462 g/mol. The molecule has 0 bridgehead atoms. The Morgan fingerprint density at radius 1 is 1.06 bits per heavy atom. The lowest BCUT2D eigenvalue weighted by Gasteiger charge is -2.34. The number of rotatable bonds is 8. The van der Waals surface area contributed by atoms with E-state index in [-0.39, 0.29) is 48.6 Å². The Labute approximate surface area is 200 Å². The maximum Gasteiger partial charge on any atom is 0.265 e. The van der Waals surface area contributed by atoms with Crippen molar-refractivity contribution in [1.82, 2.24) is 19.4 Å². The minimum absolute atomic E-state index is 0.0584. The van der Waals surface area contributed by atoms with Crippen molar-refractivity contribution in [2.24, 2.45) is 0 Å². The number of hydrogen-bond donors (Lipinski definition) is 1. The summed E-state index contributed by atoms with van der Waals surface area (Å²) in [5.41, 5.74) is 0.288. The zero-order valence-electron chi connectivity index (χ0n) is 19.6. The molecule has 4 rings (SSSR count). The number of nitrogens with zero attached hydrogens (tertiary/aromatic N) is 4. The third-order valence-corrected chi connectivity index (χ3v) is 8.34. The van der Waals surface area contributed by atoms with Crippen LogP contribution >= 0.6 is 0 Å². The predicted molar refractivity (Wildman–Crippen MR) is 125 cm³/mol. The van der Waals surface area contributed by atoms with Crippen LogP contribution in [0.4, 0.5) is 5.69 Å². The van der Waals surface area contributed by atoms with Crippen LogP contribution in [-0.4, -0.2) is 120 Å². The molecule has 2 amide bonds. The number of amides is 2. The summed E-state index contributed by atoms with van der Waals surface area (Å²) >= 11 is 0. The van der Waals surface area contributed by atoms with E-state index in [0.717, 1.165) is 39.3 Å². The molecule has 3 aliphatic heterocycles. The van der Waals surface area contributed by atoms with Crippen LogP contribution in [0.15, 0.2) is 23.1 Å². The second-order valence-electron chi connectivity index (χ2n) is 8.54. The van der Waals surface area contributed by atoms with Gasteiger partial charge in [-0.15, -0.1) is 0 Å². The van der Waals surface area contributed by atoms with Gasteiger partial charge in [0, 0.05) is 52.4 Å². The molecule has 3 aliphatic rings. The smallest absolute Gasteiger partial charge is 0.265 e. The van der Waals surface area contributed by atoms with Crippen LogP contribution in [-0.2, 0) is 24.3 Å². The fourth-order valence-electron chi connectivity index (χ4n) is 4.33. The highest BCUT2D eigenvalue weighted by Crippen LogP contribution is 2.35. The molecule has 3 heterocycles. The van der Waals surface area contributed by atoms with Gasteiger partial charge in [-0.1, -0.05) is 6.92 Å². The zero-order valence-corrected chi connectivity index (χ0v) is 20.4. The molecule has 0 spiro atoms. The first-order chi connectivity index (χ1) is 16.4. The first kappa shape index (κ1) is 24.9. The zero-order chi connectivity index (χ0) is 24.1. The number of anilines is 1. The molecule has 188 valence electrons. The van der Waals surface area contributed by atoms with E-state index in [1.807, 2.05) is 0 Å². The van der Waals surface area contributed by atoms with E-state index in [4.69, 9.17) is 9.47 Å². The van der Waals surface area contributed by atoms with Gasteiger partial charge in [-0.05, 0) is 24.7 Å². The van der Waals surface area contributed by atoms with Gasteiger partial charge in [0.2, 0.25) is 15.9 Å². The topological polar surface area (TPSA) is 112 Å². The third-order valence-electron chi connectivity index (χ3n) is 6.45. The van der Waals surface area contributed by atoms with E-state index in [1.165, 1.54) is 27.4 Å². The van der Waals surface area contributed by atoms with Gasteiger partial charge in [0.15, 0.2) is 6.61 Å². The van der Waals surface area contributed by atoms with Gasteiger partial charge in [-0.2, -0.15) is 4.31 Å². The van der Waals surface area contributed by atoms with Gasteiger partial charge < -0.3 is 19.7 Å². The van der Waals surface area contributed by atoms with E-state index in [0.29, 0.717) is 25.5 Å². The lowest BCUT2D eigenvalue weighted by atomic mass is 10.2. The summed E-state index contributed by atoms with van der Waals surface area (Å²) in [4.78, 5) is 31.2. The second-order valence-corrected chi connectivity index (χ2v) is 10.5. The largest absolute Gasteiger partial charge is 0.482 e. The van der Waals surface area contributed by atoms with E-state index < -0.39 is 10.0 Å². The summed E-state index contributed by atoms with van der Waals surface area (Å²) in [7, 11) is -3.75. The average molecular weight is 496 g/mol. The van der Waals surface area contributed by atoms with Crippen LogP contribution < -0.4 is 15.0 Å². The first-order valence-electron chi connectivity index (χ1n) is 11.7. The molecule has 0 radical (unpaired) electrons. The molecule has 12 heteroatoms. The summed E-state index contributed by atoms with van der Waals surface area (Å²) in [6.45, 7) is 9.27. The number of nitrogens with one attached hydrogen (secondary N) is 1. The average Bonchev–Trinajstić information content (AvgIpc) is 2.86. The van der Waals surface area contributed by atoms with Crippen molar-refractivity contribution in [3.05, 3.63) is 18.2 Å². The SMILES string of the molecule is CCN1CCN(CCNC(=O)CN2C(=O)COc3ccc(S(=O)(=O)N4CCOCC4)cc32)CC1. The number of likely N-dealkylation sites (N-methyl/N-ethyl adjacent to an activating group) is 1. The number of piperazine rings is 1. The minimum atomic E-state index is -3.75. The molecule has 0 saturated carbocycles. The van der Waals surface area contributed by atoms with E-state index in [2.05, 4.69) is 22.0 Å². The van der Waals surface area contributed by atoms with Crippen LogP contribution in [0.5, 0.6) is 5.75 Å². The second kappa shape index (κ2) is 11.0. The highest BCUT2D eigenvalue weighted by atomic mass is 32.2. The van der Waals surface area contributed by atoms with Crippen molar-refractivity contribution in [1.29, 1.82) is 0 Å². The Bertz CT molecular complexity index is 989. The number of carbonyl (C=O) groups is 2. The summed E-state index contributed by atoms with van der Waals surface area (Å²) in [5, 5.41) is 2.88. The van der Waals surface area contributed by atoms with Gasteiger partial charge in [-0.3, -0.25) is 19.4 Å². The van der Waals surface area contributed by atoms with Gasteiger partial charge in [-0.25, -0.2) is 8.42 Å². The maximum absolute atomic E-state index is 13.1. The van der Waals surface area contributed by atoms with Crippen molar-refractivity contribution in [2.45, 2.75) is 11.8 Å². The molecule has 2 fully saturated rings. The van der Waals surface area contributed by atoms with Crippen molar-refractivity contribution >= 4 is 27.5 Å². The highest BCUT2D eigenvalue weighted by molar-refractivity contribution is 7.89. The van der Waals surface area contributed by atoms with Gasteiger partial charge in [0.05, 0.1) is 23.8 Å². The fraction of sp³-hybridized carbons (Fsp3) is 0.636. The quantitative estimate of drug-likeness (QED) is 0.498. The third kappa shape index (κ3) is 5.69. The molecule has 0 unspecified atom stereocenters. The molecule has 0 aliphatic carbocycles. The molecule has 2 saturated heterocycles. The Balaban J connectivity index is 1.38. The molecule has 1 N–H and O–H groups in total. The number of sulfonamides is 1. The molecule has 1 aromatic rings. The van der Waals surface area contributed by atoms with Crippen LogP contribution in [0, 0.1) is 0 Å². The molecule has 11 nitrogen and oxygen atoms in total. The molecule has 1 aromatic carbocycles. The summed E-state index contributed by atoms with van der Waals surface area (Å²) in [6.07, 6.45) is 0. The molecule has 34 heavy (non-hydrogen) atoms. The van der Waals surface area contributed by atoms with Crippen LogP contribution in [0.2, 0.25) is 0 Å². The first-order valence-corrected chi connectivity index (χ1v) is 13.2. The standard InChI is InChI=1S/C22H33N5O6S/c1-2-24-7-9-25(10-8-24)6-5-23-21(28)16-27-19-15-18(3-4-20(19)33-17-22(27)29)34(30,31)26-11-13-32-14-12-26/h3-4,15H,2,5-14,16-17H2,1H3,(H,23,28). The Hall–Kier alpha value is -2.25. The number of morpholine rings is 1. The Morgan fingerprint density at radius 3 is 2.47 bits per heavy atom. The van der Waals surface area contributed by atoms with Gasteiger partial charge >= 0.3 is 0 Å². The maximum atomic E-state index is 13.1. The Morgan fingerprint density at radius 2 is 1.76 bits per heavy atom. The van der Waals surface area contributed by atoms with Crippen molar-refractivity contribution < 1.29 is 27.5 Å². The number of fused-ring (bicyclic) bond motifs is 1. The summed E-state index contributed by atoms with van der Waals surface area (Å²) in [6, 6.07) is 4.42. The number of hydrogen-bond acceptors (Lipinski definition) is 8.